The second kappa shape index (κ2) is 18.4. The Morgan fingerprint density at radius 3 is 2.03 bits per heavy atom. The van der Waals surface area contributed by atoms with Crippen molar-refractivity contribution in [2.24, 2.45) is 5.92 Å². The molecule has 37 heavy (non-hydrogen) atoms. The maximum atomic E-state index is 6.01. The molecule has 0 aliphatic carbocycles. The van der Waals surface area contributed by atoms with E-state index in [-0.39, 0.29) is 6.29 Å². The summed E-state index contributed by atoms with van der Waals surface area (Å²) in [6, 6.07) is 12.6. The molecule has 1 saturated heterocycles. The van der Waals surface area contributed by atoms with Crippen LogP contribution in [0.4, 0.5) is 0 Å². The minimum absolute atomic E-state index is 0.0793. The number of unbranched alkanes of at least 4 members (excludes halogenated alkanes) is 10. The molecule has 0 bridgehead atoms. The predicted octanol–water partition coefficient (Wildman–Crippen LogP) is 9.16. The summed E-state index contributed by atoms with van der Waals surface area (Å²) in [5.41, 5.74) is 3.34. The van der Waals surface area contributed by atoms with Gasteiger partial charge in [-0.15, -0.1) is 0 Å². The zero-order valence-electron chi connectivity index (χ0n) is 23.6. The first-order valence-electron chi connectivity index (χ1n) is 15.2. The Hall–Kier alpha value is -1.91. The molecular weight excluding hydrogens is 458 g/mol. The molecule has 2 aromatic rings. The van der Waals surface area contributed by atoms with Gasteiger partial charge < -0.3 is 14.2 Å². The van der Waals surface area contributed by atoms with Crippen molar-refractivity contribution in [3.63, 3.8) is 0 Å². The lowest BCUT2D eigenvalue weighted by molar-refractivity contribution is -0.203. The second-order valence-corrected chi connectivity index (χ2v) is 10.7. The molecule has 1 fully saturated rings. The van der Waals surface area contributed by atoms with Gasteiger partial charge in [0.15, 0.2) is 6.29 Å². The van der Waals surface area contributed by atoms with E-state index >= 15 is 0 Å². The van der Waals surface area contributed by atoms with E-state index < -0.39 is 0 Å². The zero-order chi connectivity index (χ0) is 26.0. The Morgan fingerprint density at radius 1 is 0.730 bits per heavy atom. The fraction of sp³-hybridized carbons (Fsp3) is 0.667. The van der Waals surface area contributed by atoms with E-state index in [1.807, 2.05) is 6.20 Å². The van der Waals surface area contributed by atoms with E-state index in [0.29, 0.717) is 5.92 Å². The molecule has 1 aromatic heterocycles. The maximum absolute atomic E-state index is 6.01. The minimum atomic E-state index is -0.0793. The van der Waals surface area contributed by atoms with Crippen LogP contribution in [0.2, 0.25) is 0 Å². The van der Waals surface area contributed by atoms with Gasteiger partial charge in [-0.2, -0.15) is 0 Å². The molecule has 1 aliphatic rings. The van der Waals surface area contributed by atoms with Gasteiger partial charge in [-0.3, -0.25) is 4.98 Å². The number of ether oxygens (including phenoxy) is 3. The van der Waals surface area contributed by atoms with Crippen molar-refractivity contribution in [3.8, 4) is 17.0 Å². The van der Waals surface area contributed by atoms with E-state index in [2.05, 4.69) is 50.2 Å². The molecule has 0 amide bonds. The number of aryl methyl sites for hydroxylation is 1. The predicted molar refractivity (Wildman–Crippen MR) is 154 cm³/mol. The smallest absolute Gasteiger partial charge is 0.157 e. The SMILES string of the molecule is CCCCCCCCOc1ccc(-c2ccc(CCC3OCC(CCCCCCCC)CO3)cn2)cc1. The first-order chi connectivity index (χ1) is 18.3. The van der Waals surface area contributed by atoms with Crippen LogP contribution in [0.5, 0.6) is 5.75 Å². The van der Waals surface area contributed by atoms with Crippen molar-refractivity contribution >= 4 is 0 Å². The summed E-state index contributed by atoms with van der Waals surface area (Å²) in [5, 5.41) is 0. The topological polar surface area (TPSA) is 40.6 Å². The normalized spacial score (nSPS) is 17.7. The standard InChI is InChI=1S/C33H51NO3/c1-3-5-7-9-11-13-15-29-26-36-33(37-27-29)23-17-28-16-22-32(34-25-28)30-18-20-31(21-19-30)35-24-14-12-10-8-6-4-2/h16,18-22,25,29,33H,3-15,17,23-24,26-27H2,1-2H3. The third-order valence-corrected chi connectivity index (χ3v) is 7.41. The van der Waals surface area contributed by atoms with Gasteiger partial charge in [0.05, 0.1) is 25.5 Å². The summed E-state index contributed by atoms with van der Waals surface area (Å²) in [4.78, 5) is 4.70. The second-order valence-electron chi connectivity index (χ2n) is 10.7. The summed E-state index contributed by atoms with van der Waals surface area (Å²) >= 11 is 0. The lowest BCUT2D eigenvalue weighted by atomic mass is 10.0. The molecule has 0 N–H and O–H groups in total. The fourth-order valence-corrected chi connectivity index (χ4v) is 4.95. The highest BCUT2D eigenvalue weighted by Crippen LogP contribution is 2.23. The van der Waals surface area contributed by atoms with E-state index in [0.717, 1.165) is 56.1 Å². The Balaban J connectivity index is 1.29. The summed E-state index contributed by atoms with van der Waals surface area (Å²) in [6.45, 7) is 7.01. The van der Waals surface area contributed by atoms with Crippen molar-refractivity contribution in [1.82, 2.24) is 4.98 Å². The summed E-state index contributed by atoms with van der Waals surface area (Å²) in [7, 11) is 0. The van der Waals surface area contributed by atoms with Gasteiger partial charge in [-0.25, -0.2) is 0 Å². The number of hydrogen-bond donors (Lipinski definition) is 0. The van der Waals surface area contributed by atoms with Gasteiger partial charge in [-0.05, 0) is 55.2 Å². The molecule has 0 atom stereocenters. The third kappa shape index (κ3) is 12.0. The number of benzene rings is 1. The molecule has 3 rings (SSSR count). The average Bonchev–Trinajstić information content (AvgIpc) is 2.94. The van der Waals surface area contributed by atoms with Gasteiger partial charge in [0.2, 0.25) is 0 Å². The van der Waals surface area contributed by atoms with E-state index in [9.17, 15) is 0 Å². The van der Waals surface area contributed by atoms with Crippen LogP contribution in [0.1, 0.15) is 109 Å². The monoisotopic (exact) mass is 509 g/mol. The molecule has 2 heterocycles. The highest BCUT2D eigenvalue weighted by Gasteiger charge is 2.21. The van der Waals surface area contributed by atoms with Gasteiger partial charge in [0.25, 0.3) is 0 Å². The Bertz CT molecular complexity index is 812. The van der Waals surface area contributed by atoms with Crippen molar-refractivity contribution < 1.29 is 14.2 Å². The van der Waals surface area contributed by atoms with Crippen molar-refractivity contribution in [2.75, 3.05) is 19.8 Å². The van der Waals surface area contributed by atoms with Crippen LogP contribution in [0.15, 0.2) is 42.6 Å². The number of pyridine rings is 1. The Labute approximate surface area is 226 Å². The molecule has 0 unspecified atom stereocenters. The summed E-state index contributed by atoms with van der Waals surface area (Å²) in [6.07, 6.45) is 20.7. The van der Waals surface area contributed by atoms with Crippen LogP contribution in [-0.4, -0.2) is 31.1 Å². The maximum Gasteiger partial charge on any atom is 0.157 e. The summed E-state index contributed by atoms with van der Waals surface area (Å²) in [5.74, 6) is 1.51. The van der Waals surface area contributed by atoms with Crippen LogP contribution in [0, 0.1) is 5.92 Å². The third-order valence-electron chi connectivity index (χ3n) is 7.41. The average molecular weight is 510 g/mol. The van der Waals surface area contributed by atoms with E-state index in [4.69, 9.17) is 19.2 Å². The van der Waals surface area contributed by atoms with Crippen LogP contribution >= 0.6 is 0 Å². The van der Waals surface area contributed by atoms with Gasteiger partial charge in [0, 0.05) is 24.1 Å². The molecule has 0 radical (unpaired) electrons. The molecule has 0 spiro atoms. The van der Waals surface area contributed by atoms with Crippen molar-refractivity contribution in [2.45, 2.75) is 116 Å². The van der Waals surface area contributed by atoms with Crippen molar-refractivity contribution in [3.05, 3.63) is 48.2 Å². The van der Waals surface area contributed by atoms with Gasteiger partial charge >= 0.3 is 0 Å². The number of nitrogens with zero attached hydrogens (tertiary/aromatic N) is 1. The molecule has 206 valence electrons. The minimum Gasteiger partial charge on any atom is -0.494 e. The summed E-state index contributed by atoms with van der Waals surface area (Å²) < 4.78 is 17.9. The van der Waals surface area contributed by atoms with Crippen LogP contribution in [0.25, 0.3) is 11.3 Å². The van der Waals surface area contributed by atoms with Crippen LogP contribution < -0.4 is 4.74 Å². The van der Waals surface area contributed by atoms with Crippen molar-refractivity contribution in [1.29, 1.82) is 0 Å². The largest absolute Gasteiger partial charge is 0.494 e. The first kappa shape index (κ1) is 29.6. The highest BCUT2D eigenvalue weighted by atomic mass is 16.7. The first-order valence-corrected chi connectivity index (χ1v) is 15.2. The molecule has 4 nitrogen and oxygen atoms in total. The zero-order valence-corrected chi connectivity index (χ0v) is 23.6. The molecular formula is C33H51NO3. The fourth-order valence-electron chi connectivity index (χ4n) is 4.95. The molecule has 1 aliphatic heterocycles. The molecule has 0 saturated carbocycles. The van der Waals surface area contributed by atoms with Gasteiger partial charge in [0.1, 0.15) is 5.75 Å². The van der Waals surface area contributed by atoms with Gasteiger partial charge in [-0.1, -0.05) is 90.5 Å². The quantitative estimate of drug-likeness (QED) is 0.177. The number of rotatable bonds is 19. The number of hydrogen-bond acceptors (Lipinski definition) is 4. The number of aromatic nitrogens is 1. The van der Waals surface area contributed by atoms with E-state index in [1.54, 1.807) is 0 Å². The highest BCUT2D eigenvalue weighted by molar-refractivity contribution is 5.60. The van der Waals surface area contributed by atoms with Crippen LogP contribution in [-0.2, 0) is 15.9 Å². The van der Waals surface area contributed by atoms with Crippen LogP contribution in [0.3, 0.4) is 0 Å². The Kier molecular flexibility index (Phi) is 14.7. The molecule has 1 aromatic carbocycles. The Morgan fingerprint density at radius 2 is 1.38 bits per heavy atom. The van der Waals surface area contributed by atoms with E-state index in [1.165, 1.54) is 82.6 Å². The lowest BCUT2D eigenvalue weighted by Gasteiger charge is -2.29. The lowest BCUT2D eigenvalue weighted by Crippen LogP contribution is -2.32. The molecule has 4 heteroatoms.